The fraction of sp³-hybridized carbons (Fsp3) is 0.372. The number of fused-ring (bicyclic) bond motifs is 2. The van der Waals surface area contributed by atoms with Crippen molar-refractivity contribution in [3.8, 4) is 5.75 Å². The van der Waals surface area contributed by atoms with Gasteiger partial charge in [0.1, 0.15) is 5.75 Å². The van der Waals surface area contributed by atoms with Crippen LogP contribution in [0, 0.1) is 11.8 Å². The summed E-state index contributed by atoms with van der Waals surface area (Å²) in [6, 6.07) is 33.4. The molecule has 0 aliphatic carbocycles. The van der Waals surface area contributed by atoms with Crippen LogP contribution in [-0.2, 0) is 43.2 Å². The first-order chi connectivity index (χ1) is 25.1. The highest BCUT2D eigenvalue weighted by atomic mass is 16.5. The molecule has 2 fully saturated rings. The van der Waals surface area contributed by atoms with Gasteiger partial charge in [0.25, 0.3) is 5.91 Å². The highest BCUT2D eigenvalue weighted by Gasteiger charge is 2.66. The minimum Gasteiger partial charge on any atom is -0.497 e. The van der Waals surface area contributed by atoms with Gasteiger partial charge in [0.2, 0.25) is 11.8 Å². The second kappa shape index (κ2) is 14.2. The Labute approximate surface area is 305 Å². The Morgan fingerprint density at radius 2 is 1.67 bits per heavy atom. The topological polar surface area (TPSA) is 99.6 Å². The first kappa shape index (κ1) is 35.4. The summed E-state index contributed by atoms with van der Waals surface area (Å²) in [6.45, 7) is 7.79. The molecule has 3 amide bonds. The van der Waals surface area contributed by atoms with Crippen molar-refractivity contribution in [1.82, 2.24) is 4.90 Å². The van der Waals surface area contributed by atoms with Crippen LogP contribution < -0.4 is 14.5 Å². The minimum absolute atomic E-state index is 0.0462. The summed E-state index contributed by atoms with van der Waals surface area (Å²) in [7, 11) is 1.64. The van der Waals surface area contributed by atoms with Gasteiger partial charge in [-0.05, 0) is 52.4 Å². The van der Waals surface area contributed by atoms with E-state index in [0.717, 1.165) is 39.4 Å². The molecule has 9 nitrogen and oxygen atoms in total. The van der Waals surface area contributed by atoms with Crippen LogP contribution in [0.4, 0.5) is 11.4 Å². The lowest BCUT2D eigenvalue weighted by Gasteiger charge is -2.39. The van der Waals surface area contributed by atoms with Crippen LogP contribution in [0.15, 0.2) is 103 Å². The quantitative estimate of drug-likeness (QED) is 0.176. The van der Waals surface area contributed by atoms with Crippen LogP contribution >= 0.6 is 0 Å². The summed E-state index contributed by atoms with van der Waals surface area (Å²) in [5.74, 6) is -0.0394. The minimum atomic E-state index is -1.33. The molecule has 3 heterocycles. The smallest absolute Gasteiger partial charge is 0.264 e. The first-order valence-electron chi connectivity index (χ1n) is 18.1. The third-order valence-electron chi connectivity index (χ3n) is 11.5. The number of benzene rings is 4. The summed E-state index contributed by atoms with van der Waals surface area (Å²) in [6.07, 6.45) is -0.0269. The molecule has 2 saturated heterocycles. The zero-order chi connectivity index (χ0) is 36.6. The third-order valence-corrected chi connectivity index (χ3v) is 11.5. The molecule has 4 aromatic rings. The van der Waals surface area contributed by atoms with Crippen molar-refractivity contribution in [2.24, 2.45) is 11.8 Å². The van der Waals surface area contributed by atoms with E-state index < -0.39 is 17.1 Å². The molecule has 4 aromatic carbocycles. The summed E-state index contributed by atoms with van der Waals surface area (Å²) in [5.41, 5.74) is 3.47. The second-order valence-corrected chi connectivity index (χ2v) is 14.8. The van der Waals surface area contributed by atoms with Gasteiger partial charge >= 0.3 is 0 Å². The molecule has 1 spiro atoms. The Hall–Kier alpha value is -4.99. The molecule has 52 heavy (non-hydrogen) atoms. The SMILES string of the molecule is COc1ccc(C(C)(C)[C@@H]2[C@@H](CC(=O)N(CCO)Cc3ccccc3)O[C@]3(C(=O)N(Cc4cccc(N5CCC5=O)c4)c4ccccc43)[C@H]2C)cc1. The molecule has 4 atom stereocenters. The molecule has 1 N–H and O–H groups in total. The molecule has 3 aliphatic heterocycles. The van der Waals surface area contributed by atoms with Crippen LogP contribution in [0.5, 0.6) is 5.75 Å². The number of hydrogen-bond acceptors (Lipinski definition) is 6. The molecule has 0 aromatic heterocycles. The van der Waals surface area contributed by atoms with E-state index in [1.807, 2.05) is 91.0 Å². The number of rotatable bonds is 12. The van der Waals surface area contributed by atoms with Crippen LogP contribution in [0.2, 0.25) is 0 Å². The number of para-hydroxylation sites is 1. The number of carbonyl (C=O) groups is 3. The highest BCUT2D eigenvalue weighted by Crippen LogP contribution is 2.60. The van der Waals surface area contributed by atoms with Gasteiger partial charge in [-0.25, -0.2) is 0 Å². The van der Waals surface area contributed by atoms with Crippen molar-refractivity contribution in [3.63, 3.8) is 0 Å². The lowest BCUT2D eigenvalue weighted by atomic mass is 9.63. The number of amides is 3. The van der Waals surface area contributed by atoms with Crippen LogP contribution in [0.1, 0.15) is 55.9 Å². The van der Waals surface area contributed by atoms with Gasteiger partial charge in [-0.1, -0.05) is 93.6 Å². The van der Waals surface area contributed by atoms with E-state index in [9.17, 15) is 14.7 Å². The first-order valence-corrected chi connectivity index (χ1v) is 18.1. The Kier molecular flexibility index (Phi) is 9.67. The number of hydrogen-bond donors (Lipinski definition) is 1. The van der Waals surface area contributed by atoms with E-state index in [2.05, 4.69) is 32.9 Å². The molecular formula is C43H47N3O6. The van der Waals surface area contributed by atoms with Gasteiger partial charge in [-0.2, -0.15) is 0 Å². The average Bonchev–Trinajstić information content (AvgIpc) is 3.57. The Morgan fingerprint density at radius 3 is 2.35 bits per heavy atom. The normalized spacial score (nSPS) is 22.4. The average molecular weight is 702 g/mol. The van der Waals surface area contributed by atoms with Crippen molar-refractivity contribution in [2.75, 3.05) is 36.6 Å². The zero-order valence-electron chi connectivity index (χ0n) is 30.3. The number of aliphatic hydroxyl groups is 1. The maximum absolute atomic E-state index is 15.1. The van der Waals surface area contributed by atoms with Gasteiger partial charge in [0, 0.05) is 49.1 Å². The summed E-state index contributed by atoms with van der Waals surface area (Å²) >= 11 is 0. The molecule has 0 unspecified atom stereocenters. The highest BCUT2D eigenvalue weighted by molar-refractivity contribution is 6.07. The standard InChI is InChI=1S/C43H47N3O6/c1-29-40(42(2,3)32-17-19-34(51-4)20-18-32)37(26-39(49)44(23-24-47)27-30-11-6-5-7-12-30)52-43(29)35-15-8-9-16-36(35)46(41(43)50)28-31-13-10-14-33(25-31)45-22-21-38(45)48/h5-20,25,29,37,40,47H,21-24,26-28H2,1-4H3/t29-,37+,40-,43+/m0/s1. The van der Waals surface area contributed by atoms with Crippen LogP contribution in [0.25, 0.3) is 0 Å². The molecule has 0 radical (unpaired) electrons. The van der Waals surface area contributed by atoms with E-state index in [0.29, 0.717) is 26.1 Å². The van der Waals surface area contributed by atoms with Gasteiger partial charge < -0.3 is 29.3 Å². The van der Waals surface area contributed by atoms with E-state index in [1.54, 1.807) is 21.8 Å². The third kappa shape index (κ3) is 6.16. The molecule has 7 rings (SSSR count). The molecule has 9 heteroatoms. The van der Waals surface area contributed by atoms with Gasteiger partial charge in [0.15, 0.2) is 5.60 Å². The number of nitrogens with zero attached hydrogens (tertiary/aromatic N) is 3. The molecule has 0 bridgehead atoms. The van der Waals surface area contributed by atoms with Gasteiger partial charge in [0.05, 0.1) is 38.5 Å². The number of aliphatic hydroxyl groups excluding tert-OH is 1. The van der Waals surface area contributed by atoms with Crippen molar-refractivity contribution >= 4 is 29.1 Å². The Balaban J connectivity index is 1.26. The van der Waals surface area contributed by atoms with Crippen LogP contribution in [-0.4, -0.2) is 60.6 Å². The van der Waals surface area contributed by atoms with Crippen molar-refractivity contribution in [3.05, 3.63) is 125 Å². The zero-order valence-corrected chi connectivity index (χ0v) is 30.3. The van der Waals surface area contributed by atoms with Crippen molar-refractivity contribution in [1.29, 1.82) is 0 Å². The second-order valence-electron chi connectivity index (χ2n) is 14.8. The summed E-state index contributed by atoms with van der Waals surface area (Å²) in [5, 5.41) is 9.97. The maximum atomic E-state index is 15.1. The van der Waals surface area contributed by atoms with Gasteiger partial charge in [-0.15, -0.1) is 0 Å². The summed E-state index contributed by atoms with van der Waals surface area (Å²) < 4.78 is 12.6. The Morgan fingerprint density at radius 1 is 0.962 bits per heavy atom. The lowest BCUT2D eigenvalue weighted by molar-refractivity contribution is -0.150. The molecule has 270 valence electrons. The number of ether oxygens (including phenoxy) is 2. The van der Waals surface area contributed by atoms with E-state index >= 15 is 4.79 Å². The molecule has 3 aliphatic rings. The number of carbonyl (C=O) groups excluding carboxylic acids is 3. The lowest BCUT2D eigenvalue weighted by Crippen LogP contribution is -2.46. The molecular weight excluding hydrogens is 654 g/mol. The van der Waals surface area contributed by atoms with E-state index in [4.69, 9.17) is 9.47 Å². The predicted octanol–water partition coefficient (Wildman–Crippen LogP) is 6.21. The monoisotopic (exact) mass is 701 g/mol. The fourth-order valence-electron chi connectivity index (χ4n) is 8.74. The largest absolute Gasteiger partial charge is 0.497 e. The maximum Gasteiger partial charge on any atom is 0.264 e. The van der Waals surface area contributed by atoms with Gasteiger partial charge in [-0.3, -0.25) is 14.4 Å². The number of β-lactam (4-membered cyclic amide) rings is 1. The Bertz CT molecular complexity index is 1950. The van der Waals surface area contributed by atoms with Crippen molar-refractivity contribution < 1.29 is 29.0 Å². The van der Waals surface area contributed by atoms with E-state index in [1.165, 1.54) is 0 Å². The number of methoxy groups -OCH3 is 1. The number of anilines is 2. The van der Waals surface area contributed by atoms with Crippen molar-refractivity contribution in [2.45, 2.75) is 63.8 Å². The fourth-order valence-corrected chi connectivity index (χ4v) is 8.74. The summed E-state index contributed by atoms with van der Waals surface area (Å²) in [4.78, 5) is 46.9. The van der Waals surface area contributed by atoms with Crippen LogP contribution in [0.3, 0.4) is 0 Å². The molecule has 0 saturated carbocycles. The van der Waals surface area contributed by atoms with E-state index in [-0.39, 0.29) is 49.1 Å². The predicted molar refractivity (Wildman–Crippen MR) is 200 cm³/mol.